The largest absolute Gasteiger partial charge is 0.448 e. The number of nitrogens with zero attached hydrogens (tertiary/aromatic N) is 3. The molecule has 35 heavy (non-hydrogen) atoms. The first-order valence-electron chi connectivity index (χ1n) is 11.8. The van der Waals surface area contributed by atoms with Gasteiger partial charge >= 0.3 is 0 Å². The van der Waals surface area contributed by atoms with Crippen LogP contribution in [0.15, 0.2) is 47.1 Å². The van der Waals surface area contributed by atoms with Gasteiger partial charge in [0.1, 0.15) is 12.1 Å². The van der Waals surface area contributed by atoms with Crippen molar-refractivity contribution in [3.63, 3.8) is 0 Å². The number of carbonyl (C=O) groups is 2. The summed E-state index contributed by atoms with van der Waals surface area (Å²) < 4.78 is 20.4. The van der Waals surface area contributed by atoms with Crippen LogP contribution in [0, 0.1) is 12.7 Å². The SMILES string of the molecule is CNC(=O)c1cc(NC(=O)c2coc(C3CC3)n2)c(N2CCN(c3ccccc3C)CC2)cc1F. The van der Waals surface area contributed by atoms with E-state index in [0.29, 0.717) is 30.4 Å². The van der Waals surface area contributed by atoms with Crippen LogP contribution in [0.3, 0.4) is 0 Å². The second kappa shape index (κ2) is 9.40. The van der Waals surface area contributed by atoms with E-state index in [1.165, 1.54) is 36.7 Å². The minimum Gasteiger partial charge on any atom is -0.448 e. The number of benzene rings is 2. The minimum absolute atomic E-state index is 0.135. The van der Waals surface area contributed by atoms with Gasteiger partial charge in [0.15, 0.2) is 11.6 Å². The number of oxazole rings is 1. The Kier molecular flexibility index (Phi) is 6.15. The van der Waals surface area contributed by atoms with E-state index in [2.05, 4.69) is 39.6 Å². The summed E-state index contributed by atoms with van der Waals surface area (Å²) in [5, 5.41) is 5.28. The number of hydrogen-bond donors (Lipinski definition) is 2. The molecule has 0 unspecified atom stereocenters. The van der Waals surface area contributed by atoms with Crippen molar-refractivity contribution < 1.29 is 18.4 Å². The average Bonchev–Trinajstić information content (AvgIpc) is 3.60. The van der Waals surface area contributed by atoms with Crippen molar-refractivity contribution >= 4 is 28.9 Å². The van der Waals surface area contributed by atoms with Crippen molar-refractivity contribution in [2.45, 2.75) is 25.7 Å². The summed E-state index contributed by atoms with van der Waals surface area (Å²) in [5.74, 6) is -0.826. The summed E-state index contributed by atoms with van der Waals surface area (Å²) in [7, 11) is 1.44. The maximum absolute atomic E-state index is 14.9. The molecule has 8 nitrogen and oxygen atoms in total. The zero-order valence-electron chi connectivity index (χ0n) is 19.8. The van der Waals surface area contributed by atoms with Crippen LogP contribution in [0.25, 0.3) is 0 Å². The van der Waals surface area contributed by atoms with Crippen LogP contribution < -0.4 is 20.4 Å². The number of halogens is 1. The van der Waals surface area contributed by atoms with Crippen molar-refractivity contribution in [2.24, 2.45) is 0 Å². The third-order valence-corrected chi connectivity index (χ3v) is 6.56. The molecule has 182 valence electrons. The Morgan fingerprint density at radius 2 is 1.71 bits per heavy atom. The molecule has 5 rings (SSSR count). The fourth-order valence-electron chi connectivity index (χ4n) is 4.44. The smallest absolute Gasteiger partial charge is 0.277 e. The lowest BCUT2D eigenvalue weighted by molar-refractivity contribution is 0.0957. The Morgan fingerprint density at radius 1 is 1.03 bits per heavy atom. The molecule has 1 aliphatic carbocycles. The molecule has 2 heterocycles. The molecular weight excluding hydrogens is 449 g/mol. The topological polar surface area (TPSA) is 90.7 Å². The van der Waals surface area contributed by atoms with E-state index in [4.69, 9.17) is 4.42 Å². The predicted molar refractivity (Wildman–Crippen MR) is 132 cm³/mol. The van der Waals surface area contributed by atoms with Gasteiger partial charge in [0.25, 0.3) is 11.8 Å². The van der Waals surface area contributed by atoms with Gasteiger partial charge in [-0.05, 0) is 37.5 Å². The van der Waals surface area contributed by atoms with Crippen molar-refractivity contribution in [3.8, 4) is 0 Å². The third kappa shape index (κ3) is 4.71. The van der Waals surface area contributed by atoms with Crippen molar-refractivity contribution in [2.75, 3.05) is 48.3 Å². The average molecular weight is 478 g/mol. The van der Waals surface area contributed by atoms with Gasteiger partial charge in [-0.3, -0.25) is 9.59 Å². The molecule has 2 aliphatic rings. The first-order chi connectivity index (χ1) is 16.9. The zero-order chi connectivity index (χ0) is 24.5. The van der Waals surface area contributed by atoms with E-state index in [-0.39, 0.29) is 17.2 Å². The number of nitrogens with one attached hydrogen (secondary N) is 2. The zero-order valence-corrected chi connectivity index (χ0v) is 19.8. The summed E-state index contributed by atoms with van der Waals surface area (Å²) in [6, 6.07) is 10.9. The number of hydrogen-bond acceptors (Lipinski definition) is 6. The van der Waals surface area contributed by atoms with Gasteiger partial charge in [-0.1, -0.05) is 18.2 Å². The molecule has 2 N–H and O–H groups in total. The number of anilines is 3. The number of rotatable bonds is 6. The normalized spacial score (nSPS) is 15.7. The van der Waals surface area contributed by atoms with E-state index < -0.39 is 17.6 Å². The molecule has 1 saturated carbocycles. The van der Waals surface area contributed by atoms with Crippen LogP contribution in [0.4, 0.5) is 21.5 Å². The lowest BCUT2D eigenvalue weighted by atomic mass is 10.1. The first kappa shape index (κ1) is 22.9. The quantitative estimate of drug-likeness (QED) is 0.559. The Balaban J connectivity index is 1.40. The summed E-state index contributed by atoms with van der Waals surface area (Å²) in [6.45, 7) is 4.83. The number of carbonyl (C=O) groups excluding carboxylic acids is 2. The molecule has 2 amide bonds. The summed E-state index contributed by atoms with van der Waals surface area (Å²) in [4.78, 5) is 33.8. The first-order valence-corrected chi connectivity index (χ1v) is 11.8. The maximum atomic E-state index is 14.9. The molecule has 1 aliphatic heterocycles. The highest BCUT2D eigenvalue weighted by atomic mass is 19.1. The maximum Gasteiger partial charge on any atom is 0.277 e. The number of para-hydroxylation sites is 1. The van der Waals surface area contributed by atoms with Gasteiger partial charge < -0.3 is 24.9 Å². The van der Waals surface area contributed by atoms with Gasteiger partial charge in [0, 0.05) is 50.9 Å². The van der Waals surface area contributed by atoms with Crippen LogP contribution >= 0.6 is 0 Å². The van der Waals surface area contributed by atoms with E-state index in [1.54, 1.807) is 0 Å². The summed E-state index contributed by atoms with van der Waals surface area (Å²) in [5.41, 5.74) is 3.29. The lowest BCUT2D eigenvalue weighted by Crippen LogP contribution is -2.47. The van der Waals surface area contributed by atoms with Crippen LogP contribution in [-0.4, -0.2) is 50.0 Å². The third-order valence-electron chi connectivity index (χ3n) is 6.56. The van der Waals surface area contributed by atoms with E-state index >= 15 is 0 Å². The fraction of sp³-hybridized carbons (Fsp3) is 0.346. The van der Waals surface area contributed by atoms with Crippen molar-refractivity contribution in [1.29, 1.82) is 0 Å². The van der Waals surface area contributed by atoms with Crippen LogP contribution in [0.2, 0.25) is 0 Å². The van der Waals surface area contributed by atoms with Gasteiger partial charge in [-0.2, -0.15) is 0 Å². The van der Waals surface area contributed by atoms with Crippen LogP contribution in [-0.2, 0) is 0 Å². The standard InChI is InChI=1S/C26H28FN5O3/c1-16-5-3-4-6-22(16)31-9-11-32(12-10-31)23-14-19(27)18(24(33)28-2)13-20(23)29-25(34)21-15-35-26(30-21)17-7-8-17/h3-6,13-15,17H,7-12H2,1-2H3,(H,28,33)(H,29,34). The summed E-state index contributed by atoms with van der Waals surface area (Å²) in [6.07, 6.45) is 3.36. The van der Waals surface area contributed by atoms with Gasteiger partial charge in [-0.15, -0.1) is 0 Å². The lowest BCUT2D eigenvalue weighted by Gasteiger charge is -2.38. The second-order valence-corrected chi connectivity index (χ2v) is 8.99. The highest BCUT2D eigenvalue weighted by molar-refractivity contribution is 6.06. The van der Waals surface area contributed by atoms with Gasteiger partial charge in [0.05, 0.1) is 16.9 Å². The number of aromatic nitrogens is 1. The highest BCUT2D eigenvalue weighted by Crippen LogP contribution is 2.39. The Labute approximate surface area is 203 Å². The minimum atomic E-state index is -0.642. The molecule has 0 atom stereocenters. The number of piperazine rings is 1. The Hall–Kier alpha value is -3.88. The second-order valence-electron chi connectivity index (χ2n) is 8.99. The molecular formula is C26H28FN5O3. The van der Waals surface area contributed by atoms with E-state index in [0.717, 1.165) is 25.9 Å². The number of aryl methyl sites for hydroxylation is 1. The Bertz CT molecular complexity index is 1260. The molecule has 1 aromatic heterocycles. The molecule has 2 aromatic carbocycles. The fourth-order valence-corrected chi connectivity index (χ4v) is 4.44. The molecule has 9 heteroatoms. The Morgan fingerprint density at radius 3 is 2.37 bits per heavy atom. The van der Waals surface area contributed by atoms with Crippen molar-refractivity contribution in [3.05, 3.63) is 71.2 Å². The number of amides is 2. The van der Waals surface area contributed by atoms with Crippen LogP contribution in [0.1, 0.15) is 51.1 Å². The highest BCUT2D eigenvalue weighted by Gasteiger charge is 2.30. The predicted octanol–water partition coefficient (Wildman–Crippen LogP) is 3.94. The monoisotopic (exact) mass is 477 g/mol. The molecule has 0 bridgehead atoms. The van der Waals surface area contributed by atoms with Gasteiger partial charge in [0.2, 0.25) is 0 Å². The summed E-state index contributed by atoms with van der Waals surface area (Å²) >= 11 is 0. The van der Waals surface area contributed by atoms with E-state index in [1.807, 2.05) is 17.0 Å². The van der Waals surface area contributed by atoms with Gasteiger partial charge in [-0.25, -0.2) is 9.37 Å². The van der Waals surface area contributed by atoms with Crippen molar-refractivity contribution in [1.82, 2.24) is 10.3 Å². The van der Waals surface area contributed by atoms with Crippen LogP contribution in [0.5, 0.6) is 0 Å². The molecule has 2 fully saturated rings. The molecule has 3 aromatic rings. The van der Waals surface area contributed by atoms with E-state index in [9.17, 15) is 14.0 Å². The molecule has 0 radical (unpaired) electrons. The molecule has 1 saturated heterocycles. The molecule has 0 spiro atoms.